The van der Waals surface area contributed by atoms with Gasteiger partial charge in [-0.1, -0.05) is 34.0 Å². The van der Waals surface area contributed by atoms with Gasteiger partial charge in [0, 0.05) is 10.0 Å². The molecule has 1 unspecified atom stereocenters. The highest BCUT2D eigenvalue weighted by molar-refractivity contribution is 9.10. The van der Waals surface area contributed by atoms with Crippen LogP contribution in [0, 0.1) is 24.1 Å². The van der Waals surface area contributed by atoms with Crippen LogP contribution < -0.4 is 15.5 Å². The van der Waals surface area contributed by atoms with Crippen LogP contribution in [0.25, 0.3) is 0 Å². The van der Waals surface area contributed by atoms with Crippen molar-refractivity contribution in [3.63, 3.8) is 0 Å². The number of carbonyl (C=O) groups excluding carboxylic acids is 2. The van der Waals surface area contributed by atoms with Gasteiger partial charge in [0.25, 0.3) is 5.91 Å². The molecule has 28 heavy (non-hydrogen) atoms. The summed E-state index contributed by atoms with van der Waals surface area (Å²) in [5.41, 5.74) is 2.86. The smallest absolute Gasteiger partial charge is 0.252 e. The van der Waals surface area contributed by atoms with Gasteiger partial charge in [0.2, 0.25) is 5.91 Å². The standard InChI is InChI=1S/C20H17BrFN3O3/c1-3-10-28-18-9-8-15(21)11-14(18)12-23-25-20(27)13(2)19(26)24-17-7-5-4-6-16(17)22/h1,4-9,11-13H,10H2,2H3,(H,24,26)(H,25,27). The van der Waals surface area contributed by atoms with Crippen molar-refractivity contribution in [2.24, 2.45) is 11.0 Å². The van der Waals surface area contributed by atoms with E-state index in [0.717, 1.165) is 4.47 Å². The van der Waals surface area contributed by atoms with Crippen LogP contribution >= 0.6 is 15.9 Å². The summed E-state index contributed by atoms with van der Waals surface area (Å²) < 4.78 is 19.8. The fourth-order valence-electron chi connectivity index (χ4n) is 2.06. The molecule has 2 rings (SSSR count). The first-order valence-electron chi connectivity index (χ1n) is 8.16. The van der Waals surface area contributed by atoms with Crippen molar-refractivity contribution in [3.05, 3.63) is 58.3 Å². The molecule has 0 fully saturated rings. The zero-order valence-corrected chi connectivity index (χ0v) is 16.5. The number of carbonyl (C=O) groups is 2. The normalized spacial score (nSPS) is 11.5. The molecule has 2 aromatic carbocycles. The van der Waals surface area contributed by atoms with Crippen LogP contribution in [-0.2, 0) is 9.59 Å². The molecule has 0 radical (unpaired) electrons. The Morgan fingerprint density at radius 3 is 2.79 bits per heavy atom. The molecule has 0 aliphatic heterocycles. The van der Waals surface area contributed by atoms with E-state index in [9.17, 15) is 14.0 Å². The molecular weight excluding hydrogens is 429 g/mol. The Morgan fingerprint density at radius 2 is 2.07 bits per heavy atom. The number of halogens is 2. The minimum Gasteiger partial charge on any atom is -0.480 e. The monoisotopic (exact) mass is 445 g/mol. The summed E-state index contributed by atoms with van der Waals surface area (Å²) in [5, 5.41) is 6.22. The number of rotatable bonds is 7. The molecule has 2 amide bonds. The topological polar surface area (TPSA) is 79.8 Å². The first kappa shape index (κ1) is 21.1. The van der Waals surface area contributed by atoms with Crippen LogP contribution in [0.2, 0.25) is 0 Å². The molecule has 0 aliphatic carbocycles. The number of anilines is 1. The predicted octanol–water partition coefficient (Wildman–Crippen LogP) is 3.33. The summed E-state index contributed by atoms with van der Waals surface area (Å²) in [6.07, 6.45) is 6.56. The summed E-state index contributed by atoms with van der Waals surface area (Å²) in [6.45, 7) is 1.48. The Labute approximate surface area is 170 Å². The number of terminal acetylenes is 1. The van der Waals surface area contributed by atoms with Gasteiger partial charge in [-0.15, -0.1) is 6.42 Å². The summed E-state index contributed by atoms with van der Waals surface area (Å²) in [5.74, 6) is -0.121. The Bertz CT molecular complexity index is 941. The SMILES string of the molecule is C#CCOc1ccc(Br)cc1C=NNC(=O)C(C)C(=O)Nc1ccccc1F. The molecule has 8 heteroatoms. The third-order valence-corrected chi connectivity index (χ3v) is 4.07. The predicted molar refractivity (Wildman–Crippen MR) is 108 cm³/mol. The summed E-state index contributed by atoms with van der Waals surface area (Å²) in [6, 6.07) is 10.9. The molecule has 0 aliphatic rings. The van der Waals surface area contributed by atoms with E-state index < -0.39 is 23.5 Å². The van der Waals surface area contributed by atoms with Crippen LogP contribution in [0.15, 0.2) is 52.0 Å². The molecule has 1 atom stereocenters. The van der Waals surface area contributed by atoms with Crippen molar-refractivity contribution in [3.8, 4) is 18.1 Å². The lowest BCUT2D eigenvalue weighted by Gasteiger charge is -2.11. The van der Waals surface area contributed by atoms with Crippen LogP contribution in [0.5, 0.6) is 5.75 Å². The van der Waals surface area contributed by atoms with Gasteiger partial charge in [-0.3, -0.25) is 9.59 Å². The van der Waals surface area contributed by atoms with Gasteiger partial charge in [-0.05, 0) is 37.3 Å². The van der Waals surface area contributed by atoms with Gasteiger partial charge in [0.05, 0.1) is 11.9 Å². The van der Waals surface area contributed by atoms with E-state index >= 15 is 0 Å². The van der Waals surface area contributed by atoms with E-state index in [0.29, 0.717) is 11.3 Å². The number of ether oxygens (including phenoxy) is 1. The number of nitrogens with zero attached hydrogens (tertiary/aromatic N) is 1. The Morgan fingerprint density at radius 1 is 1.32 bits per heavy atom. The zero-order valence-electron chi connectivity index (χ0n) is 14.9. The number of hydrogen-bond acceptors (Lipinski definition) is 4. The summed E-state index contributed by atoms with van der Waals surface area (Å²) in [7, 11) is 0. The van der Waals surface area contributed by atoms with Crippen LogP contribution in [-0.4, -0.2) is 24.6 Å². The molecule has 144 valence electrons. The van der Waals surface area contributed by atoms with Crippen molar-refractivity contribution in [1.82, 2.24) is 5.43 Å². The van der Waals surface area contributed by atoms with E-state index in [2.05, 4.69) is 37.7 Å². The molecule has 0 saturated carbocycles. The molecule has 0 heterocycles. The van der Waals surface area contributed by atoms with Crippen molar-refractivity contribution in [1.29, 1.82) is 0 Å². The number of hydrogen-bond donors (Lipinski definition) is 2. The summed E-state index contributed by atoms with van der Waals surface area (Å²) in [4.78, 5) is 24.2. The lowest BCUT2D eigenvalue weighted by Crippen LogP contribution is -2.34. The maximum absolute atomic E-state index is 13.6. The second-order valence-electron chi connectivity index (χ2n) is 5.60. The number of amides is 2. The minimum atomic E-state index is -1.09. The Balaban J connectivity index is 1.99. The maximum Gasteiger partial charge on any atom is 0.252 e. The second kappa shape index (κ2) is 10.2. The molecule has 0 spiro atoms. The van der Waals surface area contributed by atoms with Gasteiger partial charge in [0.15, 0.2) is 0 Å². The third kappa shape index (κ3) is 5.93. The largest absolute Gasteiger partial charge is 0.480 e. The molecule has 0 aromatic heterocycles. The van der Waals surface area contributed by atoms with E-state index in [1.165, 1.54) is 31.3 Å². The van der Waals surface area contributed by atoms with Crippen molar-refractivity contribution >= 4 is 39.6 Å². The fourth-order valence-corrected chi connectivity index (χ4v) is 2.43. The molecular formula is C20H17BrFN3O3. The third-order valence-electron chi connectivity index (χ3n) is 3.58. The average molecular weight is 446 g/mol. The van der Waals surface area contributed by atoms with Crippen LogP contribution in [0.1, 0.15) is 12.5 Å². The lowest BCUT2D eigenvalue weighted by atomic mass is 10.1. The lowest BCUT2D eigenvalue weighted by molar-refractivity contribution is -0.131. The van der Waals surface area contributed by atoms with Gasteiger partial charge in [0.1, 0.15) is 24.1 Å². The number of benzene rings is 2. The van der Waals surface area contributed by atoms with E-state index in [4.69, 9.17) is 11.2 Å². The van der Waals surface area contributed by atoms with Crippen LogP contribution in [0.4, 0.5) is 10.1 Å². The van der Waals surface area contributed by atoms with E-state index in [-0.39, 0.29) is 12.3 Å². The zero-order chi connectivity index (χ0) is 20.5. The Kier molecular flexibility index (Phi) is 7.72. The number of nitrogens with one attached hydrogen (secondary N) is 2. The molecule has 6 nitrogen and oxygen atoms in total. The quantitative estimate of drug-likeness (QED) is 0.297. The number of para-hydroxylation sites is 1. The van der Waals surface area contributed by atoms with Gasteiger partial charge >= 0.3 is 0 Å². The highest BCUT2D eigenvalue weighted by Gasteiger charge is 2.22. The molecule has 0 bridgehead atoms. The fraction of sp³-hybridized carbons (Fsp3) is 0.150. The molecule has 2 aromatic rings. The van der Waals surface area contributed by atoms with Gasteiger partial charge < -0.3 is 10.1 Å². The van der Waals surface area contributed by atoms with E-state index in [1.54, 1.807) is 24.3 Å². The van der Waals surface area contributed by atoms with Crippen LogP contribution in [0.3, 0.4) is 0 Å². The highest BCUT2D eigenvalue weighted by Crippen LogP contribution is 2.21. The van der Waals surface area contributed by atoms with Gasteiger partial charge in [-0.25, -0.2) is 9.82 Å². The Hall–Kier alpha value is -3.18. The second-order valence-corrected chi connectivity index (χ2v) is 6.52. The van der Waals surface area contributed by atoms with Crippen molar-refractivity contribution in [2.45, 2.75) is 6.92 Å². The number of hydrazone groups is 1. The maximum atomic E-state index is 13.6. The minimum absolute atomic E-state index is 0.0000841. The highest BCUT2D eigenvalue weighted by atomic mass is 79.9. The van der Waals surface area contributed by atoms with Crippen molar-refractivity contribution in [2.75, 3.05) is 11.9 Å². The summed E-state index contributed by atoms with van der Waals surface area (Å²) >= 11 is 3.34. The average Bonchev–Trinajstić information content (AvgIpc) is 2.68. The van der Waals surface area contributed by atoms with E-state index in [1.807, 2.05) is 0 Å². The van der Waals surface area contributed by atoms with Gasteiger partial charge in [-0.2, -0.15) is 5.10 Å². The molecule has 0 saturated heterocycles. The molecule has 2 N–H and O–H groups in total. The van der Waals surface area contributed by atoms with Crippen molar-refractivity contribution < 1.29 is 18.7 Å². The first-order valence-corrected chi connectivity index (χ1v) is 8.95. The first-order chi connectivity index (χ1) is 13.4.